The van der Waals surface area contributed by atoms with Crippen molar-refractivity contribution in [3.8, 4) is 0 Å². The summed E-state index contributed by atoms with van der Waals surface area (Å²) in [4.78, 5) is 13.2. The van der Waals surface area contributed by atoms with Crippen LogP contribution in [0.2, 0.25) is 0 Å². The summed E-state index contributed by atoms with van der Waals surface area (Å²) < 4.78 is 0. The zero-order chi connectivity index (χ0) is 19.0. The van der Waals surface area contributed by atoms with E-state index in [0.717, 1.165) is 45.4 Å². The molecular weight excluding hydrogens is 332 g/mol. The van der Waals surface area contributed by atoms with Gasteiger partial charge >= 0.3 is 0 Å². The van der Waals surface area contributed by atoms with Crippen LogP contribution in [0.5, 0.6) is 0 Å². The Morgan fingerprint density at radius 1 is 1.11 bits per heavy atom. The van der Waals surface area contributed by atoms with E-state index < -0.39 is 0 Å². The Kier molecular flexibility index (Phi) is 4.32. The van der Waals surface area contributed by atoms with Crippen LogP contribution in [0.3, 0.4) is 0 Å². The molecule has 1 N–H and O–H groups in total. The number of nitrogens with one attached hydrogen (secondary N) is 1. The Balaban J connectivity index is 1.82. The molecule has 0 saturated carbocycles. The van der Waals surface area contributed by atoms with Gasteiger partial charge < -0.3 is 5.32 Å². The Labute approximate surface area is 159 Å². The van der Waals surface area contributed by atoms with Crippen molar-refractivity contribution in [2.75, 3.05) is 7.05 Å². The molecule has 0 radical (unpaired) electrons. The maximum Gasteiger partial charge on any atom is 0.116 e. The van der Waals surface area contributed by atoms with Crippen molar-refractivity contribution < 1.29 is 0 Å². The van der Waals surface area contributed by atoms with Gasteiger partial charge in [-0.1, -0.05) is 18.7 Å². The first-order valence-corrected chi connectivity index (χ1v) is 9.03. The van der Waals surface area contributed by atoms with Crippen molar-refractivity contribution in [2.24, 2.45) is 0 Å². The number of nitrogens with zero attached hydrogens (tertiary/aromatic N) is 3. The minimum Gasteiger partial charge on any atom is -0.391 e. The SMILES string of the molecule is C=C(C)/C(=C(/C)NC)c1cnc2c(c1)C(c1ccc3ncncc3c1)=CC2. The zero-order valence-corrected chi connectivity index (χ0v) is 15.9. The molecule has 1 aromatic carbocycles. The van der Waals surface area contributed by atoms with Crippen LogP contribution in [0.4, 0.5) is 0 Å². The highest BCUT2D eigenvalue weighted by Gasteiger charge is 2.19. The summed E-state index contributed by atoms with van der Waals surface area (Å²) in [7, 11) is 1.93. The molecule has 1 aliphatic rings. The van der Waals surface area contributed by atoms with Gasteiger partial charge in [-0.2, -0.15) is 0 Å². The molecular formula is C23H22N4. The molecule has 2 aromatic heterocycles. The van der Waals surface area contributed by atoms with Gasteiger partial charge in [-0.05, 0) is 48.8 Å². The minimum absolute atomic E-state index is 0.853. The largest absolute Gasteiger partial charge is 0.391 e. The Bertz CT molecular complexity index is 1120. The number of rotatable bonds is 4. The third-order valence-electron chi connectivity index (χ3n) is 5.04. The predicted molar refractivity (Wildman–Crippen MR) is 111 cm³/mol. The molecule has 1 aliphatic carbocycles. The number of hydrogen-bond acceptors (Lipinski definition) is 4. The van der Waals surface area contributed by atoms with E-state index in [0.29, 0.717) is 0 Å². The van der Waals surface area contributed by atoms with Crippen LogP contribution in [-0.4, -0.2) is 22.0 Å². The quantitative estimate of drug-likeness (QED) is 0.699. The van der Waals surface area contributed by atoms with Crippen LogP contribution in [-0.2, 0) is 6.42 Å². The van der Waals surface area contributed by atoms with E-state index in [9.17, 15) is 0 Å². The van der Waals surface area contributed by atoms with Crippen LogP contribution < -0.4 is 5.32 Å². The summed E-state index contributed by atoms with van der Waals surface area (Å²) in [5.41, 5.74) is 9.96. The van der Waals surface area contributed by atoms with Crippen molar-refractivity contribution in [1.29, 1.82) is 0 Å². The number of hydrogen-bond donors (Lipinski definition) is 1. The van der Waals surface area contributed by atoms with E-state index in [1.807, 2.05) is 32.4 Å². The Hall–Kier alpha value is -3.27. The molecule has 0 bridgehead atoms. The van der Waals surface area contributed by atoms with Gasteiger partial charge in [0.2, 0.25) is 0 Å². The van der Waals surface area contributed by atoms with E-state index in [-0.39, 0.29) is 0 Å². The summed E-state index contributed by atoms with van der Waals surface area (Å²) in [6, 6.07) is 8.55. The zero-order valence-electron chi connectivity index (χ0n) is 15.9. The lowest BCUT2D eigenvalue weighted by molar-refractivity contribution is 0.991. The maximum absolute atomic E-state index is 4.74. The molecule has 3 aromatic rings. The molecule has 0 fully saturated rings. The number of aromatic nitrogens is 3. The summed E-state index contributed by atoms with van der Waals surface area (Å²) in [6.45, 7) is 8.25. The van der Waals surface area contributed by atoms with E-state index in [1.165, 1.54) is 16.7 Å². The van der Waals surface area contributed by atoms with Gasteiger partial charge in [0.05, 0.1) is 11.2 Å². The second-order valence-corrected chi connectivity index (χ2v) is 6.87. The number of benzene rings is 1. The van der Waals surface area contributed by atoms with Crippen LogP contribution >= 0.6 is 0 Å². The van der Waals surface area contributed by atoms with Crippen molar-refractivity contribution in [3.63, 3.8) is 0 Å². The summed E-state index contributed by atoms with van der Waals surface area (Å²) in [5.74, 6) is 0. The molecule has 134 valence electrons. The van der Waals surface area contributed by atoms with Gasteiger partial charge in [0.1, 0.15) is 6.33 Å². The van der Waals surface area contributed by atoms with Crippen LogP contribution in [0.15, 0.2) is 66.9 Å². The molecule has 4 rings (SSSR count). The summed E-state index contributed by atoms with van der Waals surface area (Å²) in [6.07, 6.45) is 8.49. The highest BCUT2D eigenvalue weighted by atomic mass is 14.8. The first kappa shape index (κ1) is 17.2. The van der Waals surface area contributed by atoms with Gasteiger partial charge in [0.25, 0.3) is 0 Å². The fraction of sp³-hybridized carbons (Fsp3) is 0.174. The maximum atomic E-state index is 4.74. The van der Waals surface area contributed by atoms with Crippen molar-refractivity contribution in [1.82, 2.24) is 20.3 Å². The standard InChI is InChI=1S/C23H22N4/c1-14(2)23(15(3)24-4)18-10-20-19(6-8-22(20)26-12-18)16-5-7-21-17(9-16)11-25-13-27-21/h5-7,9-13,24H,1,8H2,2-4H3/b23-15+. The lowest BCUT2D eigenvalue weighted by Crippen LogP contribution is -2.07. The molecule has 0 saturated heterocycles. The summed E-state index contributed by atoms with van der Waals surface area (Å²) >= 11 is 0. The molecule has 0 amide bonds. The highest BCUT2D eigenvalue weighted by molar-refractivity contribution is 5.91. The fourth-order valence-corrected chi connectivity index (χ4v) is 3.67. The van der Waals surface area contributed by atoms with Gasteiger partial charge in [-0.25, -0.2) is 9.97 Å². The molecule has 0 spiro atoms. The normalized spacial score (nSPS) is 13.8. The topological polar surface area (TPSA) is 50.7 Å². The van der Waals surface area contributed by atoms with Gasteiger partial charge in [-0.3, -0.25) is 4.98 Å². The lowest BCUT2D eigenvalue weighted by Gasteiger charge is -2.15. The van der Waals surface area contributed by atoms with Crippen LogP contribution in [0.1, 0.15) is 36.2 Å². The number of pyridine rings is 1. The molecule has 0 unspecified atom stereocenters. The van der Waals surface area contributed by atoms with Gasteiger partial charge in [0, 0.05) is 53.6 Å². The third kappa shape index (κ3) is 3.04. The highest BCUT2D eigenvalue weighted by Crippen LogP contribution is 2.35. The first-order chi connectivity index (χ1) is 13.1. The second-order valence-electron chi connectivity index (χ2n) is 6.87. The first-order valence-electron chi connectivity index (χ1n) is 9.03. The molecule has 4 nitrogen and oxygen atoms in total. The molecule has 2 heterocycles. The molecule has 0 aliphatic heterocycles. The van der Waals surface area contributed by atoms with Gasteiger partial charge in [-0.15, -0.1) is 0 Å². The van der Waals surface area contributed by atoms with E-state index in [2.05, 4.69) is 53.1 Å². The Morgan fingerprint density at radius 2 is 1.96 bits per heavy atom. The van der Waals surface area contributed by atoms with Crippen molar-refractivity contribution >= 4 is 22.0 Å². The number of allylic oxidation sites excluding steroid dienone is 4. The third-order valence-corrected chi connectivity index (χ3v) is 5.04. The average molecular weight is 354 g/mol. The van der Waals surface area contributed by atoms with Crippen molar-refractivity contribution in [3.05, 3.63) is 89.3 Å². The monoisotopic (exact) mass is 354 g/mol. The van der Waals surface area contributed by atoms with E-state index in [4.69, 9.17) is 4.98 Å². The second kappa shape index (κ2) is 6.80. The predicted octanol–water partition coefficient (Wildman–Crippen LogP) is 4.54. The van der Waals surface area contributed by atoms with E-state index >= 15 is 0 Å². The smallest absolute Gasteiger partial charge is 0.116 e. The van der Waals surface area contributed by atoms with Crippen LogP contribution in [0, 0.1) is 0 Å². The number of fused-ring (bicyclic) bond motifs is 2. The Morgan fingerprint density at radius 3 is 2.74 bits per heavy atom. The van der Waals surface area contributed by atoms with Crippen LogP contribution in [0.25, 0.3) is 22.0 Å². The van der Waals surface area contributed by atoms with Gasteiger partial charge in [0.15, 0.2) is 0 Å². The molecule has 27 heavy (non-hydrogen) atoms. The van der Waals surface area contributed by atoms with Crippen molar-refractivity contribution in [2.45, 2.75) is 20.3 Å². The average Bonchev–Trinajstić information content (AvgIpc) is 3.10. The molecule has 4 heteroatoms. The summed E-state index contributed by atoms with van der Waals surface area (Å²) in [5, 5.41) is 4.28. The lowest BCUT2D eigenvalue weighted by atomic mass is 9.94. The molecule has 0 atom stereocenters. The fourth-order valence-electron chi connectivity index (χ4n) is 3.67. The minimum atomic E-state index is 0.853. The van der Waals surface area contributed by atoms with E-state index in [1.54, 1.807) is 6.33 Å².